The number of nitrogens with zero attached hydrogens (tertiary/aromatic N) is 3. The minimum atomic E-state index is -0.392. The molecule has 0 aliphatic carbocycles. The van der Waals surface area contributed by atoms with Crippen LogP contribution in [0.3, 0.4) is 0 Å². The Morgan fingerprint density at radius 2 is 1.75 bits per heavy atom. The number of amides is 1. The molecule has 0 aliphatic rings. The maximum absolute atomic E-state index is 12.3. The summed E-state index contributed by atoms with van der Waals surface area (Å²) in [7, 11) is 0. The highest BCUT2D eigenvalue weighted by atomic mass is 35.5. The fraction of sp³-hybridized carbons (Fsp3) is 0.0588. The van der Waals surface area contributed by atoms with Crippen molar-refractivity contribution in [2.24, 2.45) is 4.99 Å². The molecule has 7 heteroatoms. The maximum Gasteiger partial charge on any atom is 0.279 e. The molecule has 2 aromatic carbocycles. The minimum Gasteiger partial charge on any atom is -0.292 e. The van der Waals surface area contributed by atoms with Crippen molar-refractivity contribution in [3.05, 3.63) is 75.0 Å². The number of hydrogen-bond acceptors (Lipinski definition) is 4. The lowest BCUT2D eigenvalue weighted by atomic mass is 10.2. The van der Waals surface area contributed by atoms with Crippen molar-refractivity contribution >= 4 is 34.6 Å². The van der Waals surface area contributed by atoms with Gasteiger partial charge in [0.05, 0.1) is 5.69 Å². The summed E-state index contributed by atoms with van der Waals surface area (Å²) in [6.07, 6.45) is 0. The number of Topliss-reactive ketones (excluding diaryl/α,β-unsaturated/α-hetero) is 1. The van der Waals surface area contributed by atoms with Gasteiger partial charge in [-0.1, -0.05) is 41.1 Å². The molecule has 0 atom stereocenters. The number of benzene rings is 2. The highest BCUT2D eigenvalue weighted by Gasteiger charge is 2.12. The van der Waals surface area contributed by atoms with Crippen LogP contribution in [0.2, 0.25) is 5.02 Å². The molecule has 0 unspecified atom stereocenters. The number of halogens is 1. The number of rotatable bonds is 3. The van der Waals surface area contributed by atoms with E-state index < -0.39 is 5.91 Å². The van der Waals surface area contributed by atoms with E-state index in [2.05, 4.69) is 10.1 Å². The quantitative estimate of drug-likeness (QED) is 0.673. The zero-order chi connectivity index (χ0) is 17.1. The molecule has 0 fully saturated rings. The highest BCUT2D eigenvalue weighted by molar-refractivity contribution is 7.11. The highest BCUT2D eigenvalue weighted by Crippen LogP contribution is 2.13. The Morgan fingerprint density at radius 1 is 1.08 bits per heavy atom. The first kappa shape index (κ1) is 16.3. The third-order valence-corrected chi connectivity index (χ3v) is 4.41. The number of aromatic nitrogens is 2. The summed E-state index contributed by atoms with van der Waals surface area (Å²) in [6, 6.07) is 15.6. The van der Waals surface area contributed by atoms with E-state index in [1.165, 1.54) is 11.6 Å². The summed E-state index contributed by atoms with van der Waals surface area (Å²) >= 11 is 6.97. The lowest BCUT2D eigenvalue weighted by molar-refractivity contribution is 0.0994. The number of hydrogen-bond donors (Lipinski definition) is 0. The van der Waals surface area contributed by atoms with Gasteiger partial charge in [0, 0.05) is 17.5 Å². The molecule has 0 saturated carbocycles. The number of carbonyl (C=O) groups is 2. The zero-order valence-corrected chi connectivity index (χ0v) is 14.2. The fourth-order valence-electron chi connectivity index (χ4n) is 1.98. The average molecular weight is 358 g/mol. The lowest BCUT2D eigenvalue weighted by Gasteiger charge is -2.01. The molecule has 1 aromatic heterocycles. The number of ketones is 1. The van der Waals surface area contributed by atoms with E-state index in [9.17, 15) is 9.59 Å². The molecule has 0 aliphatic heterocycles. The van der Waals surface area contributed by atoms with E-state index in [4.69, 9.17) is 11.6 Å². The molecule has 0 N–H and O–H groups in total. The second kappa shape index (κ2) is 6.90. The summed E-state index contributed by atoms with van der Waals surface area (Å²) in [4.78, 5) is 28.4. The van der Waals surface area contributed by atoms with Crippen LogP contribution in [0.4, 0.5) is 0 Å². The van der Waals surface area contributed by atoms with Crippen molar-refractivity contribution in [3.63, 3.8) is 0 Å². The second-order valence-electron chi connectivity index (χ2n) is 4.92. The van der Waals surface area contributed by atoms with Crippen LogP contribution in [0.15, 0.2) is 59.6 Å². The topological polar surface area (TPSA) is 64.3 Å². The molecule has 1 heterocycles. The van der Waals surface area contributed by atoms with Gasteiger partial charge in [-0.2, -0.15) is 10.1 Å². The summed E-state index contributed by atoms with van der Waals surface area (Å²) in [6.45, 7) is 1.42. The largest absolute Gasteiger partial charge is 0.292 e. The Kier molecular flexibility index (Phi) is 4.69. The number of carbonyl (C=O) groups excluding carboxylic acids is 2. The minimum absolute atomic E-state index is 0.184. The fourth-order valence-corrected chi connectivity index (χ4v) is 2.91. The standard InChI is InChI=1S/C17H12ClN3O2S/c1-11(22)16-20-21(14-9-7-13(18)8-10-14)17(24-16)19-15(23)12-5-3-2-4-6-12/h2-10H,1H3. The maximum atomic E-state index is 12.3. The van der Waals surface area contributed by atoms with Gasteiger partial charge in [0.15, 0.2) is 10.8 Å². The average Bonchev–Trinajstić information content (AvgIpc) is 3.00. The van der Waals surface area contributed by atoms with Gasteiger partial charge in [-0.05, 0) is 36.4 Å². The van der Waals surface area contributed by atoms with Crippen LogP contribution in [0.5, 0.6) is 0 Å². The monoisotopic (exact) mass is 357 g/mol. The molecule has 24 heavy (non-hydrogen) atoms. The summed E-state index contributed by atoms with van der Waals surface area (Å²) in [5.41, 5.74) is 1.14. The van der Waals surface area contributed by atoms with Gasteiger partial charge < -0.3 is 0 Å². The van der Waals surface area contributed by atoms with Crippen LogP contribution in [-0.2, 0) is 0 Å². The first-order valence-electron chi connectivity index (χ1n) is 7.06. The van der Waals surface area contributed by atoms with E-state index in [1.807, 2.05) is 6.07 Å². The van der Waals surface area contributed by atoms with Gasteiger partial charge in [-0.25, -0.2) is 4.68 Å². The summed E-state index contributed by atoms with van der Waals surface area (Å²) in [5.74, 6) is -0.576. The van der Waals surface area contributed by atoms with Crippen LogP contribution in [-0.4, -0.2) is 21.5 Å². The molecule has 5 nitrogen and oxygen atoms in total. The van der Waals surface area contributed by atoms with E-state index in [-0.39, 0.29) is 10.8 Å². The lowest BCUT2D eigenvalue weighted by Crippen LogP contribution is -2.16. The second-order valence-corrected chi connectivity index (χ2v) is 6.31. The molecule has 0 bridgehead atoms. The van der Waals surface area contributed by atoms with Gasteiger partial charge >= 0.3 is 0 Å². The molecular formula is C17H12ClN3O2S. The Balaban J connectivity index is 2.12. The molecule has 0 spiro atoms. The van der Waals surface area contributed by atoms with Gasteiger partial charge in [-0.3, -0.25) is 9.59 Å². The van der Waals surface area contributed by atoms with Crippen molar-refractivity contribution in [2.45, 2.75) is 6.92 Å². The molecular weight excluding hydrogens is 346 g/mol. The smallest absolute Gasteiger partial charge is 0.279 e. The van der Waals surface area contributed by atoms with Crippen molar-refractivity contribution < 1.29 is 9.59 Å². The Bertz CT molecular complexity index is 960. The van der Waals surface area contributed by atoms with Crippen LogP contribution in [0, 0.1) is 0 Å². The van der Waals surface area contributed by atoms with Crippen LogP contribution >= 0.6 is 22.9 Å². The Morgan fingerprint density at radius 3 is 2.38 bits per heavy atom. The van der Waals surface area contributed by atoms with Crippen LogP contribution < -0.4 is 4.80 Å². The third kappa shape index (κ3) is 3.50. The molecule has 3 aromatic rings. The summed E-state index contributed by atoms with van der Waals surface area (Å²) < 4.78 is 1.47. The first-order valence-corrected chi connectivity index (χ1v) is 8.25. The SMILES string of the molecule is CC(=O)c1nn(-c2ccc(Cl)cc2)c(=NC(=O)c2ccccc2)s1. The Labute approximate surface area is 146 Å². The predicted molar refractivity (Wildman–Crippen MR) is 92.8 cm³/mol. The molecule has 0 saturated heterocycles. The van der Waals surface area contributed by atoms with Crippen molar-refractivity contribution in [3.8, 4) is 5.69 Å². The predicted octanol–water partition coefficient (Wildman–Crippen LogP) is 3.53. The third-order valence-electron chi connectivity index (χ3n) is 3.15. The van der Waals surface area contributed by atoms with Crippen LogP contribution in [0.25, 0.3) is 5.69 Å². The molecule has 1 amide bonds. The molecule has 0 radical (unpaired) electrons. The van der Waals surface area contributed by atoms with E-state index in [1.54, 1.807) is 48.5 Å². The normalized spacial score (nSPS) is 11.5. The zero-order valence-electron chi connectivity index (χ0n) is 12.6. The van der Waals surface area contributed by atoms with Gasteiger partial charge in [0.2, 0.25) is 4.80 Å². The van der Waals surface area contributed by atoms with Gasteiger partial charge in [0.1, 0.15) is 0 Å². The molecule has 3 rings (SSSR count). The van der Waals surface area contributed by atoms with E-state index >= 15 is 0 Å². The summed E-state index contributed by atoms with van der Waals surface area (Å²) in [5, 5.41) is 5.12. The van der Waals surface area contributed by atoms with Gasteiger partial charge in [0.25, 0.3) is 5.91 Å². The van der Waals surface area contributed by atoms with E-state index in [0.717, 1.165) is 11.3 Å². The molecule has 120 valence electrons. The van der Waals surface area contributed by atoms with Crippen molar-refractivity contribution in [1.82, 2.24) is 9.78 Å². The van der Waals surface area contributed by atoms with Crippen LogP contribution in [0.1, 0.15) is 27.1 Å². The van der Waals surface area contributed by atoms with E-state index in [0.29, 0.717) is 21.1 Å². The first-order chi connectivity index (χ1) is 11.5. The van der Waals surface area contributed by atoms with Gasteiger partial charge in [-0.15, -0.1) is 0 Å². The Hall–Kier alpha value is -2.57. The van der Waals surface area contributed by atoms with Crippen molar-refractivity contribution in [1.29, 1.82) is 0 Å². The van der Waals surface area contributed by atoms with Crippen molar-refractivity contribution in [2.75, 3.05) is 0 Å².